The van der Waals surface area contributed by atoms with Gasteiger partial charge < -0.3 is 14.5 Å². The first kappa shape index (κ1) is 18.5. The summed E-state index contributed by atoms with van der Waals surface area (Å²) in [6.07, 6.45) is 6.01. The van der Waals surface area contributed by atoms with Crippen molar-refractivity contribution in [2.45, 2.75) is 32.4 Å². The number of ether oxygens (including phenoxy) is 1. The number of benzene rings is 1. The van der Waals surface area contributed by atoms with E-state index in [-0.39, 0.29) is 11.9 Å². The number of hydrogen-bond acceptors (Lipinski definition) is 4. The molecule has 1 saturated heterocycles. The molecule has 3 aromatic heterocycles. The molecule has 4 aromatic rings. The molecular weight excluding hydrogens is 444 g/mol. The van der Waals surface area contributed by atoms with Crippen LogP contribution >= 0.6 is 15.9 Å². The second kappa shape index (κ2) is 7.07. The number of fused-ring (bicyclic) bond motifs is 2. The van der Waals surface area contributed by atoms with E-state index in [1.54, 1.807) is 28.4 Å². The van der Waals surface area contributed by atoms with E-state index in [9.17, 15) is 8.78 Å². The van der Waals surface area contributed by atoms with E-state index in [4.69, 9.17) is 4.74 Å². The Labute approximate surface area is 173 Å². The Morgan fingerprint density at radius 1 is 1.17 bits per heavy atom. The summed E-state index contributed by atoms with van der Waals surface area (Å²) in [4.78, 5) is 4.16. The molecule has 0 radical (unpaired) electrons. The number of rotatable bonds is 3. The Morgan fingerprint density at radius 3 is 2.83 bits per heavy atom. The largest absolute Gasteiger partial charge is 0.356 e. The van der Waals surface area contributed by atoms with Gasteiger partial charge in [-0.25, -0.2) is 18.4 Å². The Bertz CT molecular complexity index is 1230. The van der Waals surface area contributed by atoms with Crippen molar-refractivity contribution in [2.75, 3.05) is 11.9 Å². The van der Waals surface area contributed by atoms with Gasteiger partial charge >= 0.3 is 0 Å². The fraction of sp³-hybridized carbons (Fsp3) is 0.300. The Balaban J connectivity index is 1.63. The molecular formula is C20H18BrF2N5O. The van der Waals surface area contributed by atoms with E-state index >= 15 is 0 Å². The highest BCUT2D eigenvalue weighted by Gasteiger charge is 2.23. The van der Waals surface area contributed by atoms with Gasteiger partial charge in [0.2, 0.25) is 0 Å². The third kappa shape index (κ3) is 3.28. The molecule has 1 fully saturated rings. The van der Waals surface area contributed by atoms with E-state index in [2.05, 4.69) is 31.3 Å². The zero-order valence-electron chi connectivity index (χ0n) is 15.6. The van der Waals surface area contributed by atoms with Crippen molar-refractivity contribution in [3.05, 3.63) is 52.4 Å². The van der Waals surface area contributed by atoms with E-state index in [1.165, 1.54) is 12.1 Å². The zero-order chi connectivity index (χ0) is 20.1. The van der Waals surface area contributed by atoms with Crippen molar-refractivity contribution in [1.82, 2.24) is 19.2 Å². The van der Waals surface area contributed by atoms with Crippen LogP contribution in [0.15, 0.2) is 35.1 Å². The first-order chi connectivity index (χ1) is 14.0. The summed E-state index contributed by atoms with van der Waals surface area (Å²) in [5.74, 6) is -0.570. The summed E-state index contributed by atoms with van der Waals surface area (Å²) in [5, 5.41) is 8.01. The third-order valence-corrected chi connectivity index (χ3v) is 5.50. The lowest BCUT2D eigenvalue weighted by molar-refractivity contribution is -0.0365. The maximum atomic E-state index is 14.9. The molecule has 9 heteroatoms. The second-order valence-electron chi connectivity index (χ2n) is 7.21. The minimum Gasteiger partial charge on any atom is -0.356 e. The standard InChI is InChI=1S/C20H18BrF2N5O/c1-11-9-27-10-13(8-15(23)20(27)24-11)25-19-18-14(22)6-12(21)7-16(18)28(26-19)17-4-2-3-5-29-17/h6-10,17H,2-5H2,1H3,(H,25,26). The van der Waals surface area contributed by atoms with Gasteiger partial charge in [0.15, 0.2) is 23.5 Å². The van der Waals surface area contributed by atoms with Crippen molar-refractivity contribution >= 4 is 44.0 Å². The topological polar surface area (TPSA) is 56.4 Å². The van der Waals surface area contributed by atoms with E-state index in [1.807, 2.05) is 6.07 Å². The van der Waals surface area contributed by atoms with Gasteiger partial charge in [-0.1, -0.05) is 15.9 Å². The first-order valence-electron chi connectivity index (χ1n) is 9.40. The van der Waals surface area contributed by atoms with E-state index in [0.29, 0.717) is 39.2 Å². The molecule has 1 aliphatic heterocycles. The molecule has 1 N–H and O–H groups in total. The summed E-state index contributed by atoms with van der Waals surface area (Å²) >= 11 is 3.35. The van der Waals surface area contributed by atoms with E-state index < -0.39 is 11.6 Å². The van der Waals surface area contributed by atoms with Gasteiger partial charge in [-0.2, -0.15) is 5.10 Å². The normalized spacial score (nSPS) is 17.3. The van der Waals surface area contributed by atoms with Crippen LogP contribution in [0.2, 0.25) is 0 Å². The number of aromatic nitrogens is 4. The average molecular weight is 462 g/mol. The van der Waals surface area contributed by atoms with Crippen molar-refractivity contribution in [2.24, 2.45) is 0 Å². The van der Waals surface area contributed by atoms with Crippen LogP contribution < -0.4 is 5.32 Å². The molecule has 4 heterocycles. The molecule has 0 saturated carbocycles. The molecule has 1 unspecified atom stereocenters. The predicted molar refractivity (Wildman–Crippen MR) is 109 cm³/mol. The van der Waals surface area contributed by atoms with E-state index in [0.717, 1.165) is 19.3 Å². The number of hydrogen-bond donors (Lipinski definition) is 1. The lowest BCUT2D eigenvalue weighted by atomic mass is 10.2. The van der Waals surface area contributed by atoms with Crippen LogP contribution in [0.5, 0.6) is 0 Å². The van der Waals surface area contributed by atoms with Crippen LogP contribution in [0.25, 0.3) is 16.6 Å². The van der Waals surface area contributed by atoms with Gasteiger partial charge in [0.05, 0.1) is 22.3 Å². The number of anilines is 2. The minimum atomic E-state index is -0.467. The Hall–Kier alpha value is -2.52. The number of halogens is 3. The maximum absolute atomic E-state index is 14.9. The molecule has 1 aliphatic rings. The summed E-state index contributed by atoms with van der Waals surface area (Å²) in [7, 11) is 0. The van der Waals surface area contributed by atoms with Crippen molar-refractivity contribution in [3.8, 4) is 0 Å². The summed E-state index contributed by atoms with van der Waals surface area (Å²) < 4.78 is 39.1. The first-order valence-corrected chi connectivity index (χ1v) is 10.2. The van der Waals surface area contributed by atoms with Crippen LogP contribution in [-0.2, 0) is 4.74 Å². The van der Waals surface area contributed by atoms with Gasteiger partial charge in [-0.3, -0.25) is 0 Å². The lowest BCUT2D eigenvalue weighted by Crippen LogP contribution is -2.19. The maximum Gasteiger partial charge on any atom is 0.173 e. The summed E-state index contributed by atoms with van der Waals surface area (Å²) in [5.41, 5.74) is 2.02. The summed E-state index contributed by atoms with van der Waals surface area (Å²) in [6.45, 7) is 2.44. The average Bonchev–Trinajstić information content (AvgIpc) is 3.23. The fourth-order valence-corrected chi connectivity index (χ4v) is 4.21. The molecule has 0 bridgehead atoms. The number of nitrogens with one attached hydrogen (secondary N) is 1. The molecule has 5 rings (SSSR count). The van der Waals surface area contributed by atoms with Gasteiger partial charge in [-0.15, -0.1) is 0 Å². The Morgan fingerprint density at radius 2 is 2.03 bits per heavy atom. The molecule has 1 aromatic carbocycles. The predicted octanol–water partition coefficient (Wildman–Crippen LogP) is 5.48. The van der Waals surface area contributed by atoms with Gasteiger partial charge in [-0.05, 0) is 38.3 Å². The Kier molecular flexibility index (Phi) is 4.51. The van der Waals surface area contributed by atoms with Crippen LogP contribution in [-0.4, -0.2) is 25.8 Å². The second-order valence-corrected chi connectivity index (χ2v) is 8.13. The van der Waals surface area contributed by atoms with Gasteiger partial charge in [0, 0.05) is 29.5 Å². The van der Waals surface area contributed by atoms with Crippen LogP contribution in [0.1, 0.15) is 31.2 Å². The molecule has 1 atom stereocenters. The quantitative estimate of drug-likeness (QED) is 0.439. The highest BCUT2D eigenvalue weighted by atomic mass is 79.9. The summed E-state index contributed by atoms with van der Waals surface area (Å²) in [6, 6.07) is 4.54. The van der Waals surface area contributed by atoms with Crippen molar-refractivity contribution < 1.29 is 13.5 Å². The monoisotopic (exact) mass is 461 g/mol. The molecule has 0 aliphatic carbocycles. The highest BCUT2D eigenvalue weighted by Crippen LogP contribution is 2.35. The lowest BCUT2D eigenvalue weighted by Gasteiger charge is -2.23. The van der Waals surface area contributed by atoms with Crippen LogP contribution in [0.4, 0.5) is 20.3 Å². The molecule has 29 heavy (non-hydrogen) atoms. The van der Waals surface area contributed by atoms with Crippen LogP contribution in [0.3, 0.4) is 0 Å². The smallest absolute Gasteiger partial charge is 0.173 e. The molecule has 0 amide bonds. The SMILES string of the molecule is Cc1cn2cc(Nc3nn(C4CCCCO4)c4cc(Br)cc(F)c34)cc(F)c2n1. The number of pyridine rings is 1. The highest BCUT2D eigenvalue weighted by molar-refractivity contribution is 9.10. The number of aryl methyl sites for hydroxylation is 1. The van der Waals surface area contributed by atoms with Gasteiger partial charge in [0.1, 0.15) is 5.82 Å². The molecule has 6 nitrogen and oxygen atoms in total. The third-order valence-electron chi connectivity index (χ3n) is 5.04. The van der Waals surface area contributed by atoms with Gasteiger partial charge in [0.25, 0.3) is 0 Å². The number of imidazole rings is 1. The zero-order valence-corrected chi connectivity index (χ0v) is 17.2. The van der Waals surface area contributed by atoms with Crippen molar-refractivity contribution in [1.29, 1.82) is 0 Å². The van der Waals surface area contributed by atoms with Crippen molar-refractivity contribution in [3.63, 3.8) is 0 Å². The van der Waals surface area contributed by atoms with Crippen LogP contribution in [0, 0.1) is 18.6 Å². The number of nitrogens with zero attached hydrogens (tertiary/aromatic N) is 4. The minimum absolute atomic E-state index is 0.245. The molecule has 150 valence electrons. The molecule has 0 spiro atoms. The fourth-order valence-electron chi connectivity index (χ4n) is 3.79.